The molecule has 3 rings (SSSR count). The predicted molar refractivity (Wildman–Crippen MR) is 105 cm³/mol. The van der Waals surface area contributed by atoms with Crippen molar-refractivity contribution in [2.45, 2.75) is 39.5 Å². The Kier molecular flexibility index (Phi) is 5.51. The molecule has 146 valence electrons. The van der Waals surface area contributed by atoms with E-state index in [1.165, 1.54) is 0 Å². The smallest absolute Gasteiger partial charge is 0.249 e. The summed E-state index contributed by atoms with van der Waals surface area (Å²) in [4.78, 5) is 16.8. The van der Waals surface area contributed by atoms with Gasteiger partial charge in [-0.05, 0) is 46.7 Å². The molecule has 0 aliphatic rings. The van der Waals surface area contributed by atoms with Crippen molar-refractivity contribution in [3.05, 3.63) is 53.0 Å². The molecular weight excluding hydrogens is 356 g/mol. The first-order valence-corrected chi connectivity index (χ1v) is 9.13. The van der Waals surface area contributed by atoms with Crippen LogP contribution in [0.4, 0.5) is 0 Å². The van der Waals surface area contributed by atoms with Crippen LogP contribution in [0.2, 0.25) is 0 Å². The van der Waals surface area contributed by atoms with Crippen LogP contribution in [-0.2, 0) is 0 Å². The van der Waals surface area contributed by atoms with Crippen LogP contribution < -0.4 is 5.73 Å². The van der Waals surface area contributed by atoms with Gasteiger partial charge in [0.2, 0.25) is 5.91 Å². The van der Waals surface area contributed by atoms with Crippen molar-refractivity contribution in [3.63, 3.8) is 0 Å². The van der Waals surface area contributed by atoms with Gasteiger partial charge in [0.1, 0.15) is 0 Å². The summed E-state index contributed by atoms with van der Waals surface area (Å²) in [6, 6.07) is 7.39. The monoisotopic (exact) mass is 380 g/mol. The Morgan fingerprint density at radius 2 is 2.00 bits per heavy atom. The molecule has 2 heterocycles. The SMILES string of the molecule is Cc1ccc(-c2cc(-n3nnnc3C(C)C)cc(C(N)=O)c2[C@H](C)CO)nc1. The third-order valence-corrected chi connectivity index (χ3v) is 4.64. The molecule has 1 amide bonds. The first kappa shape index (κ1) is 19.6. The van der Waals surface area contributed by atoms with E-state index in [0.29, 0.717) is 28.3 Å². The Labute approximate surface area is 163 Å². The van der Waals surface area contributed by atoms with Gasteiger partial charge in [-0.3, -0.25) is 9.78 Å². The van der Waals surface area contributed by atoms with Gasteiger partial charge >= 0.3 is 0 Å². The molecule has 1 atom stereocenters. The van der Waals surface area contributed by atoms with Gasteiger partial charge in [0.25, 0.3) is 0 Å². The highest BCUT2D eigenvalue weighted by molar-refractivity contribution is 5.97. The maximum absolute atomic E-state index is 12.3. The normalized spacial score (nSPS) is 12.4. The van der Waals surface area contributed by atoms with Crippen molar-refractivity contribution in [3.8, 4) is 16.9 Å². The van der Waals surface area contributed by atoms with Gasteiger partial charge in [0.15, 0.2) is 5.82 Å². The highest BCUT2D eigenvalue weighted by Crippen LogP contribution is 2.34. The van der Waals surface area contributed by atoms with Crippen molar-refractivity contribution in [2.75, 3.05) is 6.61 Å². The second-order valence-corrected chi connectivity index (χ2v) is 7.23. The molecule has 1 aromatic carbocycles. The molecule has 2 aromatic heterocycles. The standard InChI is InChI=1S/C20H24N6O2/c1-11(2)20-23-24-25-26(20)14-7-15(17-6-5-12(3)9-22-17)18(13(4)10-27)16(8-14)19(21)28/h5-9,11,13,27H,10H2,1-4H3,(H2,21,28)/t13-/m1/s1. The van der Waals surface area contributed by atoms with Crippen LogP contribution in [-0.4, -0.2) is 42.8 Å². The van der Waals surface area contributed by atoms with Crippen molar-refractivity contribution < 1.29 is 9.90 Å². The van der Waals surface area contributed by atoms with Crippen LogP contribution in [0.15, 0.2) is 30.5 Å². The van der Waals surface area contributed by atoms with Crippen molar-refractivity contribution in [2.24, 2.45) is 5.73 Å². The number of aliphatic hydroxyl groups excluding tert-OH is 1. The Balaban J connectivity index is 2.33. The molecule has 8 heteroatoms. The minimum Gasteiger partial charge on any atom is -0.396 e. The second-order valence-electron chi connectivity index (χ2n) is 7.23. The Morgan fingerprint density at radius 3 is 2.57 bits per heavy atom. The van der Waals surface area contributed by atoms with Crippen molar-refractivity contribution in [1.29, 1.82) is 0 Å². The van der Waals surface area contributed by atoms with E-state index in [1.807, 2.05) is 45.9 Å². The van der Waals surface area contributed by atoms with Crippen molar-refractivity contribution in [1.82, 2.24) is 25.2 Å². The van der Waals surface area contributed by atoms with Gasteiger partial charge in [-0.25, -0.2) is 0 Å². The quantitative estimate of drug-likeness (QED) is 0.677. The Hall–Kier alpha value is -3.13. The number of hydrogen-bond acceptors (Lipinski definition) is 6. The average molecular weight is 380 g/mol. The lowest BCUT2D eigenvalue weighted by atomic mass is 9.88. The number of rotatable bonds is 6. The molecular formula is C20H24N6O2. The first-order chi connectivity index (χ1) is 13.3. The van der Waals surface area contributed by atoms with Crippen LogP contribution in [0.3, 0.4) is 0 Å². The molecule has 0 aliphatic heterocycles. The summed E-state index contributed by atoms with van der Waals surface area (Å²) < 4.78 is 1.60. The summed E-state index contributed by atoms with van der Waals surface area (Å²) in [5.74, 6) is -0.122. The molecule has 3 aromatic rings. The number of aryl methyl sites for hydroxylation is 1. The largest absolute Gasteiger partial charge is 0.396 e. The Morgan fingerprint density at radius 1 is 1.25 bits per heavy atom. The number of benzene rings is 1. The lowest BCUT2D eigenvalue weighted by Crippen LogP contribution is -2.18. The van der Waals surface area contributed by atoms with Crippen molar-refractivity contribution >= 4 is 5.91 Å². The third kappa shape index (κ3) is 3.63. The zero-order valence-electron chi connectivity index (χ0n) is 16.4. The second kappa shape index (κ2) is 7.85. The summed E-state index contributed by atoms with van der Waals surface area (Å²) >= 11 is 0. The number of nitrogens with zero attached hydrogens (tertiary/aromatic N) is 5. The number of aromatic nitrogens is 5. The Bertz CT molecular complexity index is 994. The molecule has 3 N–H and O–H groups in total. The summed E-state index contributed by atoms with van der Waals surface area (Å²) in [5, 5.41) is 21.7. The molecule has 0 fully saturated rings. The zero-order chi connectivity index (χ0) is 20.4. The molecule has 0 saturated heterocycles. The number of carbonyl (C=O) groups is 1. The van der Waals surface area contributed by atoms with Crippen LogP contribution >= 0.6 is 0 Å². The topological polar surface area (TPSA) is 120 Å². The van der Waals surface area contributed by atoms with Gasteiger partial charge in [-0.2, -0.15) is 4.68 Å². The fraction of sp³-hybridized carbons (Fsp3) is 0.350. The fourth-order valence-corrected chi connectivity index (χ4v) is 3.16. The zero-order valence-corrected chi connectivity index (χ0v) is 16.4. The highest BCUT2D eigenvalue weighted by Gasteiger charge is 2.23. The number of nitrogens with two attached hydrogens (primary N) is 1. The van der Waals surface area contributed by atoms with Gasteiger partial charge in [0, 0.05) is 35.8 Å². The summed E-state index contributed by atoms with van der Waals surface area (Å²) in [5.41, 5.74) is 9.73. The van der Waals surface area contributed by atoms with E-state index in [0.717, 1.165) is 11.1 Å². The summed E-state index contributed by atoms with van der Waals surface area (Å²) in [6.45, 7) is 7.65. The number of hydrogen-bond donors (Lipinski definition) is 2. The van der Waals surface area contributed by atoms with Crippen LogP contribution in [0.1, 0.15) is 59.9 Å². The maximum atomic E-state index is 12.3. The molecule has 0 unspecified atom stereocenters. The molecule has 0 bridgehead atoms. The van der Waals surface area contributed by atoms with E-state index in [9.17, 15) is 9.90 Å². The molecule has 0 aliphatic carbocycles. The number of amides is 1. The summed E-state index contributed by atoms with van der Waals surface area (Å²) in [6.07, 6.45) is 1.76. The number of aliphatic hydroxyl groups is 1. The maximum Gasteiger partial charge on any atom is 0.249 e. The molecule has 0 spiro atoms. The van der Waals surface area contributed by atoms with Gasteiger partial charge in [0.05, 0.1) is 11.4 Å². The highest BCUT2D eigenvalue weighted by atomic mass is 16.3. The molecule has 0 saturated carbocycles. The van der Waals surface area contributed by atoms with Gasteiger partial charge < -0.3 is 10.8 Å². The van der Waals surface area contributed by atoms with Gasteiger partial charge in [-0.15, -0.1) is 5.10 Å². The first-order valence-electron chi connectivity index (χ1n) is 9.13. The van der Waals surface area contributed by atoms with Gasteiger partial charge in [-0.1, -0.05) is 26.8 Å². The van der Waals surface area contributed by atoms with Crippen LogP contribution in [0.25, 0.3) is 16.9 Å². The predicted octanol–water partition coefficient (Wildman–Crippen LogP) is 2.35. The van der Waals surface area contributed by atoms with Crippen LogP contribution in [0.5, 0.6) is 0 Å². The van der Waals surface area contributed by atoms with E-state index >= 15 is 0 Å². The third-order valence-electron chi connectivity index (χ3n) is 4.64. The lowest BCUT2D eigenvalue weighted by Gasteiger charge is -2.20. The molecule has 0 radical (unpaired) electrons. The van der Waals surface area contributed by atoms with E-state index in [-0.39, 0.29) is 18.4 Å². The minimum atomic E-state index is -0.579. The minimum absolute atomic E-state index is 0.0871. The van der Waals surface area contributed by atoms with E-state index < -0.39 is 5.91 Å². The summed E-state index contributed by atoms with van der Waals surface area (Å²) in [7, 11) is 0. The average Bonchev–Trinajstić information content (AvgIpc) is 3.17. The van der Waals surface area contributed by atoms with E-state index in [2.05, 4.69) is 20.5 Å². The fourth-order valence-electron chi connectivity index (χ4n) is 3.16. The number of tetrazole rings is 1. The van der Waals surface area contributed by atoms with Crippen LogP contribution in [0, 0.1) is 6.92 Å². The number of pyridine rings is 1. The molecule has 28 heavy (non-hydrogen) atoms. The van der Waals surface area contributed by atoms with E-state index in [4.69, 9.17) is 5.73 Å². The number of carbonyl (C=O) groups excluding carboxylic acids is 1. The lowest BCUT2D eigenvalue weighted by molar-refractivity contribution is 0.0998. The van der Waals surface area contributed by atoms with E-state index in [1.54, 1.807) is 16.9 Å². The molecule has 8 nitrogen and oxygen atoms in total. The number of primary amides is 1.